The Hall–Kier alpha value is -5.14. The number of hydrogen-bond donors (Lipinski definition) is 3. The van der Waals surface area contributed by atoms with E-state index in [4.69, 9.17) is 14.4 Å². The Kier molecular flexibility index (Phi) is 9.59. The Morgan fingerprint density at radius 3 is 2.58 bits per heavy atom. The van der Waals surface area contributed by atoms with Gasteiger partial charge in [-0.3, -0.25) is 9.88 Å². The van der Waals surface area contributed by atoms with Crippen LogP contribution in [0, 0.1) is 31.1 Å². The van der Waals surface area contributed by atoms with Crippen LogP contribution in [-0.2, 0) is 13.1 Å². The first kappa shape index (κ1) is 33.4. The SMILES string of the molecule is CC[C@@H](CO)NCc1cnc2c(Nc3cccc(-c4cccc(-c5nc6cc(CN7CC[C@@H](C)C7)cc(C#N)c6o5)c4C)c3C)nccc2c1. The van der Waals surface area contributed by atoms with Gasteiger partial charge in [-0.1, -0.05) is 38.1 Å². The Labute approximate surface area is 293 Å². The van der Waals surface area contributed by atoms with Crippen LogP contribution in [0.4, 0.5) is 11.5 Å². The molecule has 50 heavy (non-hydrogen) atoms. The molecule has 1 aliphatic heterocycles. The maximum atomic E-state index is 10.0. The molecule has 9 nitrogen and oxygen atoms in total. The summed E-state index contributed by atoms with van der Waals surface area (Å²) < 4.78 is 6.32. The first-order chi connectivity index (χ1) is 24.3. The number of aliphatic hydroxyl groups is 1. The van der Waals surface area contributed by atoms with E-state index in [0.717, 1.165) is 81.6 Å². The van der Waals surface area contributed by atoms with Gasteiger partial charge in [0.2, 0.25) is 5.89 Å². The number of aliphatic hydroxyl groups excluding tert-OH is 1. The molecular weight excluding hydrogens is 622 g/mol. The second kappa shape index (κ2) is 14.4. The molecule has 0 radical (unpaired) electrons. The third-order valence-electron chi connectivity index (χ3n) is 9.99. The fourth-order valence-corrected chi connectivity index (χ4v) is 7.05. The van der Waals surface area contributed by atoms with Crippen LogP contribution in [0.3, 0.4) is 0 Å². The first-order valence-corrected chi connectivity index (χ1v) is 17.5. The monoisotopic (exact) mass is 665 g/mol. The molecule has 9 heteroatoms. The zero-order chi connectivity index (χ0) is 34.8. The Bertz CT molecular complexity index is 2220. The van der Waals surface area contributed by atoms with E-state index in [2.05, 4.69) is 84.6 Å². The van der Waals surface area contributed by atoms with Crippen LogP contribution in [-0.4, -0.2) is 50.7 Å². The summed E-state index contributed by atoms with van der Waals surface area (Å²) in [5.74, 6) is 1.90. The van der Waals surface area contributed by atoms with Gasteiger partial charge in [0, 0.05) is 54.7 Å². The van der Waals surface area contributed by atoms with Gasteiger partial charge in [-0.25, -0.2) is 9.97 Å². The fraction of sp³-hybridized carbons (Fsp3) is 0.317. The van der Waals surface area contributed by atoms with E-state index in [-0.39, 0.29) is 12.6 Å². The van der Waals surface area contributed by atoms with Gasteiger partial charge in [-0.15, -0.1) is 0 Å². The van der Waals surface area contributed by atoms with Gasteiger partial charge >= 0.3 is 0 Å². The second-order valence-electron chi connectivity index (χ2n) is 13.6. The van der Waals surface area contributed by atoms with E-state index >= 15 is 0 Å². The number of benzene rings is 3. The number of anilines is 2. The topological polar surface area (TPSA) is 123 Å². The number of hydrogen-bond acceptors (Lipinski definition) is 9. The van der Waals surface area contributed by atoms with Crippen LogP contribution in [0.2, 0.25) is 0 Å². The van der Waals surface area contributed by atoms with Crippen molar-refractivity contribution < 1.29 is 9.52 Å². The van der Waals surface area contributed by atoms with Crippen LogP contribution in [0.1, 0.15) is 54.5 Å². The molecule has 3 aromatic carbocycles. The lowest BCUT2D eigenvalue weighted by Gasteiger charge is -2.17. The van der Waals surface area contributed by atoms with Crippen LogP contribution in [0.5, 0.6) is 0 Å². The van der Waals surface area contributed by atoms with Gasteiger partial charge in [0.05, 0.1) is 12.2 Å². The van der Waals surface area contributed by atoms with Gasteiger partial charge in [0.1, 0.15) is 17.1 Å². The average Bonchev–Trinajstić information content (AvgIpc) is 3.75. The van der Waals surface area contributed by atoms with Gasteiger partial charge in [-0.2, -0.15) is 5.26 Å². The minimum absolute atomic E-state index is 0.0632. The number of oxazole rings is 1. The summed E-state index contributed by atoms with van der Waals surface area (Å²) in [7, 11) is 0. The highest BCUT2D eigenvalue weighted by molar-refractivity contribution is 5.91. The average molecular weight is 666 g/mol. The number of pyridine rings is 2. The largest absolute Gasteiger partial charge is 0.435 e. The molecular formula is C41H43N7O2. The molecule has 0 spiro atoms. The first-order valence-electron chi connectivity index (χ1n) is 17.5. The van der Waals surface area contributed by atoms with Gasteiger partial charge in [-0.05, 0) is 109 Å². The maximum Gasteiger partial charge on any atom is 0.227 e. The number of aromatic nitrogens is 3. The molecule has 0 aliphatic carbocycles. The van der Waals surface area contributed by atoms with Gasteiger partial charge in [0.15, 0.2) is 11.4 Å². The summed E-state index contributed by atoms with van der Waals surface area (Å²) in [6.07, 6.45) is 5.73. The molecule has 3 N–H and O–H groups in total. The van der Waals surface area contributed by atoms with Crippen molar-refractivity contribution in [2.24, 2.45) is 5.92 Å². The normalized spacial score (nSPS) is 15.5. The summed E-state index contributed by atoms with van der Waals surface area (Å²) >= 11 is 0. The Morgan fingerprint density at radius 2 is 1.82 bits per heavy atom. The van der Waals surface area contributed by atoms with Crippen molar-refractivity contribution >= 4 is 33.5 Å². The van der Waals surface area contributed by atoms with Gasteiger partial charge in [0.25, 0.3) is 0 Å². The van der Waals surface area contributed by atoms with E-state index in [1.807, 2.05) is 36.5 Å². The van der Waals surface area contributed by atoms with E-state index in [1.54, 1.807) is 6.20 Å². The molecule has 7 rings (SSSR count). The molecule has 1 saturated heterocycles. The third-order valence-corrected chi connectivity index (χ3v) is 9.99. The second-order valence-corrected chi connectivity index (χ2v) is 13.6. The number of nitrogens with one attached hydrogen (secondary N) is 2. The standard InChI is InChI=1S/C41H43N7O2/c1-5-32(24-49)44-20-29-17-30-12-14-43-40(38(30)45-21-29)46-36-11-7-9-34(27(36)4)33-8-6-10-35(26(33)3)41-47-37-18-28(16-31(19-42)39(37)50-41)23-48-15-13-25(2)22-48/h6-12,14,16-18,21,25,32,44,49H,5,13,15,20,22-24H2,1-4H3,(H,43,46)/t25-,32+/m1/s1. The predicted octanol–water partition coefficient (Wildman–Crippen LogP) is 8.04. The maximum absolute atomic E-state index is 10.0. The summed E-state index contributed by atoms with van der Waals surface area (Å²) in [4.78, 5) is 16.8. The number of nitrogens with zero attached hydrogens (tertiary/aromatic N) is 5. The van der Waals surface area contributed by atoms with E-state index in [9.17, 15) is 10.4 Å². The zero-order valence-corrected chi connectivity index (χ0v) is 29.1. The van der Waals surface area contributed by atoms with Crippen LogP contribution < -0.4 is 10.6 Å². The molecule has 0 amide bonds. The molecule has 254 valence electrons. The third kappa shape index (κ3) is 6.70. The number of likely N-dealkylation sites (tertiary alicyclic amines) is 1. The highest BCUT2D eigenvalue weighted by Gasteiger charge is 2.21. The lowest BCUT2D eigenvalue weighted by molar-refractivity contribution is 0.238. The van der Waals surface area contributed by atoms with Crippen molar-refractivity contribution in [1.29, 1.82) is 5.26 Å². The molecule has 1 aliphatic rings. The van der Waals surface area contributed by atoms with Crippen molar-refractivity contribution in [3.8, 4) is 28.7 Å². The summed E-state index contributed by atoms with van der Waals surface area (Å²) in [6, 6.07) is 22.9. The van der Waals surface area contributed by atoms with Crippen molar-refractivity contribution in [3.05, 3.63) is 101 Å². The van der Waals surface area contributed by atoms with E-state index in [1.165, 1.54) is 6.42 Å². The minimum Gasteiger partial charge on any atom is -0.435 e. The van der Waals surface area contributed by atoms with Crippen LogP contribution in [0.15, 0.2) is 77.5 Å². The fourth-order valence-electron chi connectivity index (χ4n) is 7.05. The van der Waals surface area contributed by atoms with E-state index < -0.39 is 0 Å². The Morgan fingerprint density at radius 1 is 1.02 bits per heavy atom. The van der Waals surface area contributed by atoms with Crippen molar-refractivity contribution in [2.45, 2.75) is 59.7 Å². The molecule has 3 aromatic heterocycles. The van der Waals surface area contributed by atoms with E-state index in [0.29, 0.717) is 40.8 Å². The molecule has 0 unspecified atom stereocenters. The number of fused-ring (bicyclic) bond motifs is 2. The number of rotatable bonds is 11. The molecule has 0 saturated carbocycles. The smallest absolute Gasteiger partial charge is 0.227 e. The summed E-state index contributed by atoms with van der Waals surface area (Å²) in [5.41, 5.74) is 10.8. The van der Waals surface area contributed by atoms with Crippen LogP contribution >= 0.6 is 0 Å². The number of nitriles is 1. The lowest BCUT2D eigenvalue weighted by atomic mass is 9.93. The highest BCUT2D eigenvalue weighted by atomic mass is 16.3. The summed E-state index contributed by atoms with van der Waals surface area (Å²) in [6.45, 7) is 12.3. The van der Waals surface area contributed by atoms with Crippen LogP contribution in [0.25, 0.3) is 44.6 Å². The molecule has 6 aromatic rings. The van der Waals surface area contributed by atoms with Crippen molar-refractivity contribution in [2.75, 3.05) is 25.0 Å². The highest BCUT2D eigenvalue weighted by Crippen LogP contribution is 2.38. The van der Waals surface area contributed by atoms with Crippen molar-refractivity contribution in [3.63, 3.8) is 0 Å². The van der Waals surface area contributed by atoms with Crippen molar-refractivity contribution in [1.82, 2.24) is 25.2 Å². The quantitative estimate of drug-likeness (QED) is 0.126. The molecule has 4 heterocycles. The lowest BCUT2D eigenvalue weighted by Crippen LogP contribution is -2.31. The summed E-state index contributed by atoms with van der Waals surface area (Å²) in [5, 5.41) is 27.5. The molecule has 2 atom stereocenters. The molecule has 0 bridgehead atoms. The zero-order valence-electron chi connectivity index (χ0n) is 29.1. The molecule has 1 fully saturated rings. The predicted molar refractivity (Wildman–Crippen MR) is 199 cm³/mol. The minimum atomic E-state index is 0.0632. The Balaban J connectivity index is 1.17. The van der Waals surface area contributed by atoms with Gasteiger partial charge < -0.3 is 20.2 Å².